The van der Waals surface area contributed by atoms with Crippen LogP contribution in [0.5, 0.6) is 0 Å². The number of pyridine rings is 1. The molecule has 2 aromatic rings. The molecule has 1 heterocycles. The highest BCUT2D eigenvalue weighted by molar-refractivity contribution is 5.99. The summed E-state index contributed by atoms with van der Waals surface area (Å²) in [5.74, 6) is 0.253. The van der Waals surface area contributed by atoms with Crippen molar-refractivity contribution in [3.63, 3.8) is 0 Å². The zero-order valence-electron chi connectivity index (χ0n) is 11.5. The van der Waals surface area contributed by atoms with Gasteiger partial charge in [0.2, 0.25) is 0 Å². The summed E-state index contributed by atoms with van der Waals surface area (Å²) in [5, 5.41) is 7.59. The van der Waals surface area contributed by atoms with E-state index in [-0.39, 0.29) is 17.7 Å². The van der Waals surface area contributed by atoms with Crippen LogP contribution in [-0.4, -0.2) is 17.9 Å². The number of aromatic nitrogens is 1. The second kappa shape index (κ2) is 5.69. The van der Waals surface area contributed by atoms with Crippen LogP contribution in [0.1, 0.15) is 24.1 Å². The molecule has 0 aliphatic heterocycles. The third-order valence-electron chi connectivity index (χ3n) is 3.35. The summed E-state index contributed by atoms with van der Waals surface area (Å²) in [7, 11) is 1.81. The van der Waals surface area contributed by atoms with Crippen molar-refractivity contribution in [3.05, 3.63) is 59.5 Å². The van der Waals surface area contributed by atoms with E-state index in [2.05, 4.69) is 4.98 Å². The van der Waals surface area contributed by atoms with Gasteiger partial charge in [0.1, 0.15) is 17.5 Å². The minimum atomic E-state index is -0.257. The second-order valence-electron chi connectivity index (χ2n) is 4.60. The maximum atomic E-state index is 13.9. The van der Waals surface area contributed by atoms with Gasteiger partial charge in [0, 0.05) is 18.8 Å². The van der Waals surface area contributed by atoms with E-state index < -0.39 is 0 Å². The van der Waals surface area contributed by atoms with E-state index in [0.29, 0.717) is 16.9 Å². The lowest BCUT2D eigenvalue weighted by Gasteiger charge is -2.28. The first kappa shape index (κ1) is 14.0. The van der Waals surface area contributed by atoms with E-state index in [9.17, 15) is 4.39 Å². The molecular weight excluding hydrogens is 255 g/mol. The van der Waals surface area contributed by atoms with Gasteiger partial charge in [-0.05, 0) is 25.1 Å². The normalized spacial score (nSPS) is 11.9. The van der Waals surface area contributed by atoms with Crippen molar-refractivity contribution in [1.29, 1.82) is 5.41 Å². The lowest BCUT2D eigenvalue weighted by Crippen LogP contribution is -2.27. The molecule has 3 N–H and O–H groups in total. The Kier molecular flexibility index (Phi) is 3.98. The predicted molar refractivity (Wildman–Crippen MR) is 78.5 cm³/mol. The number of nitrogen functional groups attached to an aromatic ring is 1. The smallest absolute Gasteiger partial charge is 0.139 e. The van der Waals surface area contributed by atoms with Gasteiger partial charge in [0.15, 0.2) is 0 Å². The third kappa shape index (κ3) is 2.61. The quantitative estimate of drug-likeness (QED) is 0.664. The fourth-order valence-electron chi connectivity index (χ4n) is 2.09. The van der Waals surface area contributed by atoms with Crippen molar-refractivity contribution < 1.29 is 4.39 Å². The van der Waals surface area contributed by atoms with Crippen molar-refractivity contribution in [1.82, 2.24) is 4.98 Å². The molecule has 0 amide bonds. The average Bonchev–Trinajstić information content (AvgIpc) is 2.46. The van der Waals surface area contributed by atoms with E-state index in [1.165, 1.54) is 6.07 Å². The van der Waals surface area contributed by atoms with Gasteiger partial charge in [-0.2, -0.15) is 0 Å². The Morgan fingerprint density at radius 1 is 1.30 bits per heavy atom. The molecule has 0 spiro atoms. The number of anilines is 1. The molecule has 1 unspecified atom stereocenters. The minimum Gasteiger partial charge on any atom is -0.384 e. The van der Waals surface area contributed by atoms with Gasteiger partial charge in [-0.25, -0.2) is 9.37 Å². The Morgan fingerprint density at radius 3 is 2.65 bits per heavy atom. The molecule has 5 heteroatoms. The highest BCUT2D eigenvalue weighted by atomic mass is 19.1. The van der Waals surface area contributed by atoms with Crippen molar-refractivity contribution in [2.24, 2.45) is 5.73 Å². The van der Waals surface area contributed by atoms with Crippen molar-refractivity contribution in [3.8, 4) is 0 Å². The maximum absolute atomic E-state index is 13.9. The van der Waals surface area contributed by atoms with E-state index in [4.69, 9.17) is 11.1 Å². The standard InChI is InChI=1S/C15H17FN4/c1-10(11-6-3-4-8-13(11)16)20(2)15-12(14(17)18)7-5-9-19-15/h3-10H,1-2H3,(H3,17,18). The van der Waals surface area contributed by atoms with Crippen molar-refractivity contribution in [2.45, 2.75) is 13.0 Å². The Hall–Kier alpha value is -2.43. The number of benzene rings is 1. The van der Waals surface area contributed by atoms with Crippen LogP contribution in [-0.2, 0) is 0 Å². The SMILES string of the molecule is CC(c1ccccc1F)N(C)c1ncccc1C(=N)N. The molecular formula is C15H17FN4. The Bertz CT molecular complexity index is 627. The molecule has 0 saturated heterocycles. The first-order chi connectivity index (χ1) is 9.52. The van der Waals surface area contributed by atoms with E-state index in [1.54, 1.807) is 36.5 Å². The number of hydrogen-bond acceptors (Lipinski definition) is 3. The van der Waals surface area contributed by atoms with Crippen LogP contribution in [0.15, 0.2) is 42.6 Å². The summed E-state index contributed by atoms with van der Waals surface area (Å²) in [4.78, 5) is 6.07. The van der Waals surface area contributed by atoms with Gasteiger partial charge >= 0.3 is 0 Å². The molecule has 104 valence electrons. The first-order valence-corrected chi connectivity index (χ1v) is 6.29. The Balaban J connectivity index is 2.39. The molecule has 0 fully saturated rings. The molecule has 0 aliphatic carbocycles. The highest BCUT2D eigenvalue weighted by Gasteiger charge is 2.19. The largest absolute Gasteiger partial charge is 0.384 e. The number of nitrogens with two attached hydrogens (primary N) is 1. The highest BCUT2D eigenvalue weighted by Crippen LogP contribution is 2.27. The lowest BCUT2D eigenvalue weighted by atomic mass is 10.1. The van der Waals surface area contributed by atoms with Gasteiger partial charge in [0.25, 0.3) is 0 Å². The molecule has 4 nitrogen and oxygen atoms in total. The van der Waals surface area contributed by atoms with Gasteiger partial charge in [-0.1, -0.05) is 18.2 Å². The van der Waals surface area contributed by atoms with Crippen LogP contribution in [0.25, 0.3) is 0 Å². The summed E-state index contributed by atoms with van der Waals surface area (Å²) >= 11 is 0. The summed E-state index contributed by atoms with van der Waals surface area (Å²) in [6.07, 6.45) is 1.63. The number of nitrogens with zero attached hydrogens (tertiary/aromatic N) is 2. The second-order valence-corrected chi connectivity index (χ2v) is 4.60. The van der Waals surface area contributed by atoms with Gasteiger partial charge in [-0.3, -0.25) is 5.41 Å². The average molecular weight is 272 g/mol. The topological polar surface area (TPSA) is 66.0 Å². The summed E-state index contributed by atoms with van der Waals surface area (Å²) in [6, 6.07) is 9.87. The maximum Gasteiger partial charge on any atom is 0.139 e. The van der Waals surface area contributed by atoms with Crippen LogP contribution in [0.2, 0.25) is 0 Å². The number of amidine groups is 1. The molecule has 1 aromatic heterocycles. The van der Waals surface area contributed by atoms with Gasteiger partial charge < -0.3 is 10.6 Å². The fourth-order valence-corrected chi connectivity index (χ4v) is 2.09. The molecule has 1 aromatic carbocycles. The Labute approximate surface area is 117 Å². The van der Waals surface area contributed by atoms with Crippen LogP contribution < -0.4 is 10.6 Å². The molecule has 2 rings (SSSR count). The van der Waals surface area contributed by atoms with E-state index in [0.717, 1.165) is 0 Å². The zero-order chi connectivity index (χ0) is 14.7. The zero-order valence-corrected chi connectivity index (χ0v) is 11.5. The third-order valence-corrected chi connectivity index (χ3v) is 3.35. The summed E-state index contributed by atoms with van der Waals surface area (Å²) in [5.41, 5.74) is 6.68. The van der Waals surface area contributed by atoms with Gasteiger partial charge in [0.05, 0.1) is 11.6 Å². The molecule has 0 radical (unpaired) electrons. The fraction of sp³-hybridized carbons (Fsp3) is 0.200. The Morgan fingerprint density at radius 2 is 2.00 bits per heavy atom. The van der Waals surface area contributed by atoms with Crippen LogP contribution in [0.4, 0.5) is 10.2 Å². The number of halogens is 1. The molecule has 1 atom stereocenters. The predicted octanol–water partition coefficient (Wildman–Crippen LogP) is 2.70. The van der Waals surface area contributed by atoms with Crippen LogP contribution >= 0.6 is 0 Å². The number of rotatable bonds is 4. The monoisotopic (exact) mass is 272 g/mol. The minimum absolute atomic E-state index is 0.0549. The number of hydrogen-bond donors (Lipinski definition) is 2. The molecule has 0 aliphatic rings. The van der Waals surface area contributed by atoms with E-state index >= 15 is 0 Å². The van der Waals surface area contributed by atoms with Gasteiger partial charge in [-0.15, -0.1) is 0 Å². The van der Waals surface area contributed by atoms with Crippen molar-refractivity contribution in [2.75, 3.05) is 11.9 Å². The van der Waals surface area contributed by atoms with E-state index in [1.807, 2.05) is 18.9 Å². The lowest BCUT2D eigenvalue weighted by molar-refractivity contribution is 0.584. The first-order valence-electron chi connectivity index (χ1n) is 6.29. The molecule has 0 saturated carbocycles. The summed E-state index contributed by atoms with van der Waals surface area (Å²) in [6.45, 7) is 1.89. The van der Waals surface area contributed by atoms with Crippen molar-refractivity contribution >= 4 is 11.7 Å². The number of nitrogens with one attached hydrogen (secondary N) is 1. The molecule has 20 heavy (non-hydrogen) atoms. The summed E-state index contributed by atoms with van der Waals surface area (Å²) < 4.78 is 13.9. The van der Waals surface area contributed by atoms with Crippen LogP contribution in [0.3, 0.4) is 0 Å². The van der Waals surface area contributed by atoms with Crippen LogP contribution in [0, 0.1) is 11.2 Å². The molecule has 0 bridgehead atoms.